The number of hydrogen-bond acceptors (Lipinski definition) is 4. The van der Waals surface area contributed by atoms with Crippen LogP contribution in [0.1, 0.15) is 20.3 Å². The Morgan fingerprint density at radius 3 is 2.10 bits per heavy atom. The fraction of sp³-hybridized carbons (Fsp3) is 1.00. The molecular weight excluding hydrogens is 154 g/mol. The van der Waals surface area contributed by atoms with Gasteiger partial charge in [-0.2, -0.15) is 8.42 Å². The van der Waals surface area contributed by atoms with Crippen molar-refractivity contribution in [3.8, 4) is 0 Å². The van der Waals surface area contributed by atoms with Gasteiger partial charge in [-0.25, -0.2) is 0 Å². The minimum Gasteiger partial charge on any atom is -0.344 e. The van der Waals surface area contributed by atoms with Gasteiger partial charge in [-0.05, 0) is 13.3 Å². The highest BCUT2D eigenvalue weighted by molar-refractivity contribution is 7.86. The minimum absolute atomic E-state index is 0. The predicted octanol–water partition coefficient (Wildman–Crippen LogP) is 0.925. The molecule has 3 N–H and O–H groups in total. The summed E-state index contributed by atoms with van der Waals surface area (Å²) in [6, 6.07) is 0. The zero-order chi connectivity index (χ0) is 7.33. The summed E-state index contributed by atoms with van der Waals surface area (Å²) in [5.41, 5.74) is 0. The Hall–Kier alpha value is -0.130. The summed E-state index contributed by atoms with van der Waals surface area (Å²) in [7, 11) is -3.18. The van der Waals surface area contributed by atoms with Crippen LogP contribution in [0.25, 0.3) is 0 Å². The minimum atomic E-state index is -3.18. The van der Waals surface area contributed by atoms with E-state index in [-0.39, 0.29) is 18.5 Å². The molecule has 0 aromatic heterocycles. The van der Waals surface area contributed by atoms with E-state index in [2.05, 4.69) is 4.18 Å². The van der Waals surface area contributed by atoms with Gasteiger partial charge in [0.15, 0.2) is 0 Å². The molecule has 0 radical (unpaired) electrons. The maximum absolute atomic E-state index is 10.6. The van der Waals surface area contributed by atoms with Crippen molar-refractivity contribution in [1.82, 2.24) is 6.15 Å². The van der Waals surface area contributed by atoms with Gasteiger partial charge in [0.05, 0.1) is 12.4 Å². The van der Waals surface area contributed by atoms with Crippen LogP contribution in [0.15, 0.2) is 0 Å². The van der Waals surface area contributed by atoms with Crippen LogP contribution in [0.5, 0.6) is 0 Å². The molecule has 0 bridgehead atoms. The molecule has 0 saturated carbocycles. The Morgan fingerprint density at radius 2 is 1.80 bits per heavy atom. The first-order chi connectivity index (χ1) is 4.12. The van der Waals surface area contributed by atoms with Gasteiger partial charge in [0.1, 0.15) is 0 Å². The molecule has 0 unspecified atom stereocenters. The van der Waals surface area contributed by atoms with Gasteiger partial charge in [-0.15, -0.1) is 0 Å². The topological polar surface area (TPSA) is 78.4 Å². The number of rotatable bonds is 4. The maximum atomic E-state index is 10.6. The van der Waals surface area contributed by atoms with Gasteiger partial charge in [-0.1, -0.05) is 6.92 Å². The molecule has 4 nitrogen and oxygen atoms in total. The molecule has 0 heterocycles. The van der Waals surface area contributed by atoms with E-state index < -0.39 is 10.1 Å². The van der Waals surface area contributed by atoms with E-state index in [0.717, 1.165) is 0 Å². The van der Waals surface area contributed by atoms with Gasteiger partial charge in [0, 0.05) is 0 Å². The van der Waals surface area contributed by atoms with Crippen LogP contribution in [-0.2, 0) is 14.3 Å². The fourth-order valence-electron chi connectivity index (χ4n) is 0.488. The Balaban J connectivity index is 0. The molecule has 0 aromatic carbocycles. The molecular formula is C5H15NO3S. The average molecular weight is 169 g/mol. The highest BCUT2D eigenvalue weighted by atomic mass is 32.2. The van der Waals surface area contributed by atoms with E-state index in [1.807, 2.05) is 0 Å². The van der Waals surface area contributed by atoms with Crippen LogP contribution in [0.2, 0.25) is 0 Å². The monoisotopic (exact) mass is 169 g/mol. The first-order valence-electron chi connectivity index (χ1n) is 2.99. The van der Waals surface area contributed by atoms with E-state index in [1.165, 1.54) is 0 Å². The zero-order valence-electron chi connectivity index (χ0n) is 6.46. The van der Waals surface area contributed by atoms with Gasteiger partial charge >= 0.3 is 0 Å². The SMILES string of the molecule is CCCS(=O)(=O)OCC.N. The second kappa shape index (κ2) is 5.64. The molecule has 0 amide bonds. The summed E-state index contributed by atoms with van der Waals surface area (Å²) >= 11 is 0. The lowest BCUT2D eigenvalue weighted by Crippen LogP contribution is -2.09. The summed E-state index contributed by atoms with van der Waals surface area (Å²) in [4.78, 5) is 0. The molecule has 0 aliphatic rings. The van der Waals surface area contributed by atoms with Crippen molar-refractivity contribution in [1.29, 1.82) is 0 Å². The molecule has 0 aromatic rings. The van der Waals surface area contributed by atoms with Gasteiger partial charge < -0.3 is 6.15 Å². The van der Waals surface area contributed by atoms with Crippen LogP contribution >= 0.6 is 0 Å². The van der Waals surface area contributed by atoms with Crippen molar-refractivity contribution < 1.29 is 12.6 Å². The van der Waals surface area contributed by atoms with Crippen LogP contribution in [-0.4, -0.2) is 20.8 Å². The second-order valence-electron chi connectivity index (χ2n) is 1.67. The van der Waals surface area contributed by atoms with E-state index in [4.69, 9.17) is 0 Å². The van der Waals surface area contributed by atoms with Gasteiger partial charge in [-0.3, -0.25) is 4.18 Å². The lowest BCUT2D eigenvalue weighted by Gasteiger charge is -1.98. The van der Waals surface area contributed by atoms with Crippen molar-refractivity contribution in [2.75, 3.05) is 12.4 Å². The standard InChI is InChI=1S/C5H12O3S.H3N/c1-3-5-9(6,7)8-4-2;/h3-5H2,1-2H3;1H3. The highest BCUT2D eigenvalue weighted by Crippen LogP contribution is 1.93. The van der Waals surface area contributed by atoms with Crippen LogP contribution in [0.3, 0.4) is 0 Å². The summed E-state index contributed by atoms with van der Waals surface area (Å²) < 4.78 is 25.7. The molecule has 0 spiro atoms. The quantitative estimate of drug-likeness (QED) is 0.635. The van der Waals surface area contributed by atoms with Crippen LogP contribution < -0.4 is 6.15 Å². The smallest absolute Gasteiger partial charge is 0.267 e. The van der Waals surface area contributed by atoms with Crippen molar-refractivity contribution >= 4 is 10.1 Å². The first kappa shape index (κ1) is 12.5. The molecule has 0 aliphatic carbocycles. The molecule has 5 heteroatoms. The summed E-state index contributed by atoms with van der Waals surface area (Å²) in [5, 5.41) is 0. The Kier molecular flexibility index (Phi) is 7.07. The fourth-order valence-corrected chi connectivity index (χ4v) is 1.47. The van der Waals surface area contributed by atoms with Crippen molar-refractivity contribution in [3.05, 3.63) is 0 Å². The zero-order valence-corrected chi connectivity index (χ0v) is 7.28. The molecule has 10 heavy (non-hydrogen) atoms. The van der Waals surface area contributed by atoms with Gasteiger partial charge in [0.2, 0.25) is 0 Å². The third-order valence-corrected chi connectivity index (χ3v) is 2.25. The molecule has 0 rings (SSSR count). The normalized spacial score (nSPS) is 10.6. The van der Waals surface area contributed by atoms with Crippen molar-refractivity contribution in [2.24, 2.45) is 0 Å². The Morgan fingerprint density at radius 1 is 1.30 bits per heavy atom. The predicted molar refractivity (Wildman–Crippen MR) is 40.7 cm³/mol. The van der Waals surface area contributed by atoms with E-state index >= 15 is 0 Å². The van der Waals surface area contributed by atoms with E-state index in [1.54, 1.807) is 13.8 Å². The number of hydrogen-bond donors (Lipinski definition) is 1. The first-order valence-corrected chi connectivity index (χ1v) is 4.57. The second-order valence-corrected chi connectivity index (χ2v) is 3.43. The van der Waals surface area contributed by atoms with Crippen molar-refractivity contribution in [2.45, 2.75) is 20.3 Å². The van der Waals surface area contributed by atoms with Gasteiger partial charge in [0.25, 0.3) is 10.1 Å². The molecule has 0 aliphatic heterocycles. The molecule has 0 fully saturated rings. The lowest BCUT2D eigenvalue weighted by molar-refractivity contribution is 0.338. The van der Waals surface area contributed by atoms with E-state index in [9.17, 15) is 8.42 Å². The van der Waals surface area contributed by atoms with E-state index in [0.29, 0.717) is 6.42 Å². The largest absolute Gasteiger partial charge is 0.344 e. The summed E-state index contributed by atoms with van der Waals surface area (Å²) in [6.45, 7) is 3.70. The highest BCUT2D eigenvalue weighted by Gasteiger charge is 2.05. The third-order valence-electron chi connectivity index (χ3n) is 0.752. The lowest BCUT2D eigenvalue weighted by atomic mass is 10.6. The molecule has 0 atom stereocenters. The Bertz CT molecular complexity index is 140. The third kappa shape index (κ3) is 6.00. The molecule has 0 saturated heterocycles. The maximum Gasteiger partial charge on any atom is 0.267 e. The average Bonchev–Trinajstić information content (AvgIpc) is 1.64. The van der Waals surface area contributed by atoms with Crippen LogP contribution in [0, 0.1) is 0 Å². The summed E-state index contributed by atoms with van der Waals surface area (Å²) in [5.74, 6) is 0.126. The van der Waals surface area contributed by atoms with Crippen LogP contribution in [0.4, 0.5) is 0 Å². The molecule has 64 valence electrons. The summed E-state index contributed by atoms with van der Waals surface area (Å²) in [6.07, 6.45) is 0.613. The Labute approximate surface area is 62.3 Å². The van der Waals surface area contributed by atoms with Crippen molar-refractivity contribution in [3.63, 3.8) is 0 Å².